The molecule has 0 aliphatic heterocycles. The Morgan fingerprint density at radius 1 is 1.06 bits per heavy atom. The van der Waals surface area contributed by atoms with Crippen molar-refractivity contribution in [1.29, 1.82) is 0 Å². The highest BCUT2D eigenvalue weighted by molar-refractivity contribution is 9.09. The average Bonchev–Trinajstić information content (AvgIpc) is 2.31. The molecular formula is C14H12BrClO. The van der Waals surface area contributed by atoms with Crippen LogP contribution in [0.1, 0.15) is 12.8 Å². The van der Waals surface area contributed by atoms with Crippen molar-refractivity contribution in [3.05, 3.63) is 41.4 Å². The highest BCUT2D eigenvalue weighted by atomic mass is 79.9. The van der Waals surface area contributed by atoms with Crippen LogP contribution in [0.25, 0.3) is 10.8 Å². The Hall–Kier alpha value is -0.730. The quantitative estimate of drug-likeness (QED) is 0.724. The van der Waals surface area contributed by atoms with Gasteiger partial charge in [0.1, 0.15) is 11.9 Å². The van der Waals surface area contributed by atoms with E-state index in [4.69, 9.17) is 16.3 Å². The molecule has 0 unspecified atom stereocenters. The van der Waals surface area contributed by atoms with E-state index < -0.39 is 0 Å². The van der Waals surface area contributed by atoms with Gasteiger partial charge in [-0.05, 0) is 25.0 Å². The van der Waals surface area contributed by atoms with E-state index in [2.05, 4.69) is 22.0 Å². The van der Waals surface area contributed by atoms with Crippen LogP contribution in [0.15, 0.2) is 36.4 Å². The Morgan fingerprint density at radius 3 is 2.47 bits per heavy atom. The third kappa shape index (κ3) is 2.16. The van der Waals surface area contributed by atoms with Gasteiger partial charge in [-0.2, -0.15) is 0 Å². The van der Waals surface area contributed by atoms with Crippen molar-refractivity contribution in [2.24, 2.45) is 0 Å². The number of hydrogen-bond acceptors (Lipinski definition) is 1. The molecule has 1 saturated carbocycles. The first-order chi connectivity index (χ1) is 8.24. The van der Waals surface area contributed by atoms with Gasteiger partial charge in [0.25, 0.3) is 0 Å². The summed E-state index contributed by atoms with van der Waals surface area (Å²) in [6.07, 6.45) is 2.50. The first-order valence-electron chi connectivity index (χ1n) is 5.72. The molecule has 0 bridgehead atoms. The van der Waals surface area contributed by atoms with Gasteiger partial charge in [0.15, 0.2) is 0 Å². The Bertz CT molecular complexity index is 549. The molecule has 0 spiro atoms. The number of hydrogen-bond donors (Lipinski definition) is 0. The molecule has 0 heterocycles. The molecule has 3 heteroatoms. The maximum Gasteiger partial charge on any atom is 0.127 e. The summed E-state index contributed by atoms with van der Waals surface area (Å²) in [5.74, 6) is 0.939. The van der Waals surface area contributed by atoms with Crippen molar-refractivity contribution in [3.8, 4) is 5.75 Å². The Balaban J connectivity index is 1.96. The van der Waals surface area contributed by atoms with Gasteiger partial charge in [-0.3, -0.25) is 0 Å². The van der Waals surface area contributed by atoms with Gasteiger partial charge in [-0.25, -0.2) is 0 Å². The summed E-state index contributed by atoms with van der Waals surface area (Å²) in [6, 6.07) is 12.0. The molecule has 1 nitrogen and oxygen atoms in total. The molecule has 1 aliphatic carbocycles. The first-order valence-corrected chi connectivity index (χ1v) is 7.01. The topological polar surface area (TPSA) is 9.23 Å². The second kappa shape index (κ2) is 4.51. The zero-order chi connectivity index (χ0) is 11.8. The lowest BCUT2D eigenvalue weighted by Gasteiger charge is -2.32. The summed E-state index contributed by atoms with van der Waals surface area (Å²) in [4.78, 5) is 0.617. The SMILES string of the molecule is Clc1ccc(OC2CC(Br)C2)c2ccccc12. The van der Waals surface area contributed by atoms with E-state index in [9.17, 15) is 0 Å². The number of halogens is 2. The van der Waals surface area contributed by atoms with Gasteiger partial charge in [0.05, 0.1) is 0 Å². The number of alkyl halides is 1. The molecule has 0 aromatic heterocycles. The van der Waals surface area contributed by atoms with Crippen LogP contribution in [0.3, 0.4) is 0 Å². The minimum Gasteiger partial charge on any atom is -0.490 e. The molecule has 1 fully saturated rings. The summed E-state index contributed by atoms with van der Waals surface area (Å²) in [5, 5.41) is 2.93. The Kier molecular flexibility index (Phi) is 3.01. The lowest BCUT2D eigenvalue weighted by molar-refractivity contribution is 0.130. The van der Waals surface area contributed by atoms with Crippen LogP contribution >= 0.6 is 27.5 Å². The second-order valence-electron chi connectivity index (χ2n) is 4.40. The molecule has 88 valence electrons. The molecule has 2 aromatic rings. The lowest BCUT2D eigenvalue weighted by Crippen LogP contribution is -2.33. The Labute approximate surface area is 114 Å². The van der Waals surface area contributed by atoms with Crippen LogP contribution in [0.2, 0.25) is 5.02 Å². The fraction of sp³-hybridized carbons (Fsp3) is 0.286. The van der Waals surface area contributed by atoms with E-state index in [1.54, 1.807) is 0 Å². The largest absolute Gasteiger partial charge is 0.490 e. The summed E-state index contributed by atoms with van der Waals surface area (Å²) in [7, 11) is 0. The van der Waals surface area contributed by atoms with E-state index in [-0.39, 0.29) is 0 Å². The molecule has 2 aromatic carbocycles. The van der Waals surface area contributed by atoms with Gasteiger partial charge in [0, 0.05) is 20.6 Å². The second-order valence-corrected chi connectivity index (χ2v) is 6.10. The fourth-order valence-electron chi connectivity index (χ4n) is 2.11. The molecule has 0 N–H and O–H groups in total. The molecule has 1 aliphatic rings. The van der Waals surface area contributed by atoms with Crippen molar-refractivity contribution in [3.63, 3.8) is 0 Å². The molecule has 3 rings (SSSR count). The minimum absolute atomic E-state index is 0.337. The van der Waals surface area contributed by atoms with Crippen LogP contribution in [-0.4, -0.2) is 10.9 Å². The highest BCUT2D eigenvalue weighted by Gasteiger charge is 2.28. The van der Waals surface area contributed by atoms with Crippen molar-refractivity contribution in [2.75, 3.05) is 0 Å². The van der Waals surface area contributed by atoms with E-state index in [0.717, 1.165) is 34.4 Å². The highest BCUT2D eigenvalue weighted by Crippen LogP contribution is 2.36. The monoisotopic (exact) mass is 310 g/mol. The predicted molar refractivity (Wildman–Crippen MR) is 75.3 cm³/mol. The molecule has 0 atom stereocenters. The fourth-order valence-corrected chi connectivity index (χ4v) is 3.18. The van der Waals surface area contributed by atoms with Gasteiger partial charge < -0.3 is 4.74 Å². The van der Waals surface area contributed by atoms with Crippen LogP contribution in [0.5, 0.6) is 5.75 Å². The minimum atomic E-state index is 0.337. The van der Waals surface area contributed by atoms with E-state index in [0.29, 0.717) is 10.9 Å². The van der Waals surface area contributed by atoms with E-state index in [1.165, 1.54) is 0 Å². The average molecular weight is 312 g/mol. The third-order valence-corrected chi connectivity index (χ3v) is 4.24. The first kappa shape index (κ1) is 11.4. The maximum atomic E-state index is 6.17. The predicted octanol–water partition coefficient (Wildman–Crippen LogP) is 4.80. The van der Waals surface area contributed by atoms with Crippen LogP contribution < -0.4 is 4.74 Å². The molecular weight excluding hydrogens is 300 g/mol. The number of rotatable bonds is 2. The van der Waals surface area contributed by atoms with Gasteiger partial charge in [-0.1, -0.05) is 51.8 Å². The zero-order valence-electron chi connectivity index (χ0n) is 9.20. The standard InChI is InChI=1S/C14H12BrClO/c15-9-7-10(8-9)17-14-6-5-13(16)11-3-1-2-4-12(11)14/h1-6,9-10H,7-8H2. The van der Waals surface area contributed by atoms with Crippen molar-refractivity contribution in [1.82, 2.24) is 0 Å². The Morgan fingerprint density at radius 2 is 1.76 bits per heavy atom. The van der Waals surface area contributed by atoms with Crippen LogP contribution in [0.4, 0.5) is 0 Å². The number of ether oxygens (including phenoxy) is 1. The smallest absolute Gasteiger partial charge is 0.127 e. The molecule has 0 amide bonds. The molecule has 0 radical (unpaired) electrons. The van der Waals surface area contributed by atoms with Gasteiger partial charge in [-0.15, -0.1) is 0 Å². The molecule has 17 heavy (non-hydrogen) atoms. The van der Waals surface area contributed by atoms with Crippen molar-refractivity contribution < 1.29 is 4.74 Å². The molecule has 0 saturated heterocycles. The van der Waals surface area contributed by atoms with Crippen LogP contribution in [-0.2, 0) is 0 Å². The summed E-state index contributed by atoms with van der Waals surface area (Å²) < 4.78 is 6.00. The van der Waals surface area contributed by atoms with Gasteiger partial charge >= 0.3 is 0 Å². The summed E-state index contributed by atoms with van der Waals surface area (Å²) >= 11 is 9.75. The zero-order valence-corrected chi connectivity index (χ0v) is 11.5. The van der Waals surface area contributed by atoms with Crippen LogP contribution in [0, 0.1) is 0 Å². The van der Waals surface area contributed by atoms with E-state index >= 15 is 0 Å². The number of fused-ring (bicyclic) bond motifs is 1. The maximum absolute atomic E-state index is 6.17. The summed E-state index contributed by atoms with van der Waals surface area (Å²) in [6.45, 7) is 0. The summed E-state index contributed by atoms with van der Waals surface area (Å²) in [5.41, 5.74) is 0. The van der Waals surface area contributed by atoms with Crippen molar-refractivity contribution in [2.45, 2.75) is 23.8 Å². The van der Waals surface area contributed by atoms with E-state index in [1.807, 2.05) is 30.3 Å². The van der Waals surface area contributed by atoms with Gasteiger partial charge in [0.2, 0.25) is 0 Å². The third-order valence-electron chi connectivity index (χ3n) is 3.16. The normalized spacial score (nSPS) is 23.4. The van der Waals surface area contributed by atoms with Crippen molar-refractivity contribution >= 4 is 38.3 Å². The lowest BCUT2D eigenvalue weighted by atomic mass is 9.96. The number of benzene rings is 2.